The van der Waals surface area contributed by atoms with Gasteiger partial charge in [-0.15, -0.1) is 11.3 Å². The molecule has 0 bridgehead atoms. The summed E-state index contributed by atoms with van der Waals surface area (Å²) in [7, 11) is 1.80. The molecule has 2 aromatic heterocycles. The van der Waals surface area contributed by atoms with Crippen molar-refractivity contribution in [2.75, 3.05) is 0 Å². The van der Waals surface area contributed by atoms with E-state index in [4.69, 9.17) is 5.11 Å². The van der Waals surface area contributed by atoms with E-state index < -0.39 is 5.97 Å². The number of aromatic nitrogens is 3. The number of hydrogen-bond donors (Lipinski definition) is 1. The Morgan fingerprint density at radius 1 is 1.64 bits per heavy atom. The number of hydrogen-bond acceptors (Lipinski definition) is 4. The molecule has 5 nitrogen and oxygen atoms in total. The second-order valence-electron chi connectivity index (χ2n) is 2.72. The molecule has 0 aliphatic carbocycles. The lowest BCUT2D eigenvalue weighted by Crippen LogP contribution is -1.95. The van der Waals surface area contributed by atoms with Crippen molar-refractivity contribution in [2.24, 2.45) is 7.05 Å². The van der Waals surface area contributed by atoms with Crippen LogP contribution in [0.4, 0.5) is 0 Å². The van der Waals surface area contributed by atoms with Crippen LogP contribution in [-0.4, -0.2) is 25.8 Å². The average molecular weight is 209 g/mol. The van der Waals surface area contributed by atoms with Crippen LogP contribution >= 0.6 is 11.3 Å². The quantitative estimate of drug-likeness (QED) is 0.808. The van der Waals surface area contributed by atoms with Crippen LogP contribution in [0.15, 0.2) is 17.6 Å². The van der Waals surface area contributed by atoms with Gasteiger partial charge in [0.2, 0.25) is 0 Å². The Morgan fingerprint density at radius 2 is 2.43 bits per heavy atom. The molecule has 0 atom stereocenters. The van der Waals surface area contributed by atoms with E-state index in [1.807, 2.05) is 0 Å². The van der Waals surface area contributed by atoms with Gasteiger partial charge in [0.25, 0.3) is 0 Å². The van der Waals surface area contributed by atoms with Gasteiger partial charge in [0.15, 0.2) is 5.69 Å². The first-order valence-corrected chi connectivity index (χ1v) is 4.73. The minimum absolute atomic E-state index is 0.0654. The standard InChI is InChI=1S/C8H7N3O2S/c1-11-3-2-5(10-11)7-9-6(4-14-7)8(12)13/h2-4H,1H3,(H,12,13). The molecule has 0 unspecified atom stereocenters. The van der Waals surface area contributed by atoms with E-state index in [2.05, 4.69) is 10.1 Å². The van der Waals surface area contributed by atoms with Crippen molar-refractivity contribution in [2.45, 2.75) is 0 Å². The van der Waals surface area contributed by atoms with Crippen molar-refractivity contribution in [3.05, 3.63) is 23.3 Å². The van der Waals surface area contributed by atoms with Crippen LogP contribution in [0.1, 0.15) is 10.5 Å². The average Bonchev–Trinajstić information content (AvgIpc) is 2.70. The second-order valence-corrected chi connectivity index (χ2v) is 3.58. The number of thiazole rings is 1. The molecule has 0 saturated carbocycles. The van der Waals surface area contributed by atoms with E-state index in [1.54, 1.807) is 24.0 Å². The summed E-state index contributed by atoms with van der Waals surface area (Å²) in [4.78, 5) is 14.5. The SMILES string of the molecule is Cn1ccc(-c2nc(C(=O)O)cs2)n1. The number of carboxylic acids is 1. The van der Waals surface area contributed by atoms with Gasteiger partial charge in [-0.25, -0.2) is 9.78 Å². The molecule has 0 aromatic carbocycles. The third kappa shape index (κ3) is 1.51. The normalized spacial score (nSPS) is 10.4. The lowest BCUT2D eigenvalue weighted by molar-refractivity contribution is 0.0691. The smallest absolute Gasteiger partial charge is 0.355 e. The third-order valence-electron chi connectivity index (χ3n) is 1.66. The summed E-state index contributed by atoms with van der Waals surface area (Å²) in [6.45, 7) is 0. The van der Waals surface area contributed by atoms with Gasteiger partial charge in [0, 0.05) is 18.6 Å². The molecule has 14 heavy (non-hydrogen) atoms. The topological polar surface area (TPSA) is 68.0 Å². The molecule has 2 aromatic rings. The van der Waals surface area contributed by atoms with E-state index in [0.29, 0.717) is 10.7 Å². The summed E-state index contributed by atoms with van der Waals surface area (Å²) < 4.78 is 1.65. The summed E-state index contributed by atoms with van der Waals surface area (Å²) in [5, 5.41) is 14.9. The molecule has 0 fully saturated rings. The number of nitrogens with zero attached hydrogens (tertiary/aromatic N) is 3. The minimum atomic E-state index is -1.01. The maximum atomic E-state index is 10.6. The Morgan fingerprint density at radius 3 is 2.93 bits per heavy atom. The summed E-state index contributed by atoms with van der Waals surface area (Å²) in [5.41, 5.74) is 0.764. The van der Waals surface area contributed by atoms with Gasteiger partial charge in [0.05, 0.1) is 0 Å². The number of aromatic carboxylic acids is 1. The van der Waals surface area contributed by atoms with Crippen molar-refractivity contribution < 1.29 is 9.90 Å². The van der Waals surface area contributed by atoms with Crippen molar-refractivity contribution in [1.29, 1.82) is 0 Å². The molecule has 72 valence electrons. The molecule has 0 spiro atoms. The van der Waals surface area contributed by atoms with E-state index in [-0.39, 0.29) is 5.69 Å². The molecule has 0 radical (unpaired) electrons. The first-order valence-electron chi connectivity index (χ1n) is 3.85. The second kappa shape index (κ2) is 3.22. The number of carboxylic acid groups (broad SMARTS) is 1. The molecule has 0 aliphatic heterocycles. The lowest BCUT2D eigenvalue weighted by Gasteiger charge is -1.87. The van der Waals surface area contributed by atoms with Crippen molar-refractivity contribution >= 4 is 17.3 Å². The Bertz CT molecular complexity index is 474. The molecule has 2 rings (SSSR count). The fourth-order valence-electron chi connectivity index (χ4n) is 1.02. The Hall–Kier alpha value is -1.69. The highest BCUT2D eigenvalue weighted by molar-refractivity contribution is 7.13. The maximum Gasteiger partial charge on any atom is 0.355 e. The van der Waals surface area contributed by atoms with E-state index >= 15 is 0 Å². The molecule has 2 heterocycles. The van der Waals surface area contributed by atoms with Gasteiger partial charge in [-0.3, -0.25) is 4.68 Å². The minimum Gasteiger partial charge on any atom is -0.476 e. The lowest BCUT2D eigenvalue weighted by atomic mass is 10.4. The summed E-state index contributed by atoms with van der Waals surface area (Å²) >= 11 is 1.28. The van der Waals surface area contributed by atoms with E-state index in [9.17, 15) is 4.79 Å². The van der Waals surface area contributed by atoms with Crippen molar-refractivity contribution in [1.82, 2.24) is 14.8 Å². The maximum absolute atomic E-state index is 10.6. The first-order chi connectivity index (χ1) is 6.66. The molecule has 0 aliphatic rings. The Labute approximate surface area is 83.6 Å². The molecule has 0 saturated heterocycles. The van der Waals surface area contributed by atoms with Crippen LogP contribution < -0.4 is 0 Å². The summed E-state index contributed by atoms with van der Waals surface area (Å²) in [5.74, 6) is -1.01. The summed E-state index contributed by atoms with van der Waals surface area (Å²) in [6.07, 6.45) is 1.79. The molecule has 0 amide bonds. The van der Waals surface area contributed by atoms with Crippen LogP contribution in [0.2, 0.25) is 0 Å². The van der Waals surface area contributed by atoms with E-state index in [0.717, 1.165) is 0 Å². The van der Waals surface area contributed by atoms with Gasteiger partial charge in [-0.05, 0) is 6.07 Å². The van der Waals surface area contributed by atoms with Gasteiger partial charge < -0.3 is 5.11 Å². The zero-order chi connectivity index (χ0) is 10.1. The fourth-order valence-corrected chi connectivity index (χ4v) is 1.78. The Balaban J connectivity index is 2.38. The first kappa shape index (κ1) is 8.89. The van der Waals surface area contributed by atoms with Crippen LogP contribution in [0.25, 0.3) is 10.7 Å². The van der Waals surface area contributed by atoms with E-state index in [1.165, 1.54) is 16.7 Å². The molecular weight excluding hydrogens is 202 g/mol. The number of rotatable bonds is 2. The number of carbonyl (C=O) groups is 1. The van der Waals surface area contributed by atoms with Crippen molar-refractivity contribution in [3.8, 4) is 10.7 Å². The Kier molecular flexibility index (Phi) is 2.05. The van der Waals surface area contributed by atoms with Gasteiger partial charge in [0.1, 0.15) is 10.7 Å². The number of aryl methyl sites for hydroxylation is 1. The highest BCUT2D eigenvalue weighted by atomic mass is 32.1. The van der Waals surface area contributed by atoms with Gasteiger partial charge >= 0.3 is 5.97 Å². The van der Waals surface area contributed by atoms with Crippen LogP contribution in [0.5, 0.6) is 0 Å². The van der Waals surface area contributed by atoms with Crippen LogP contribution in [-0.2, 0) is 7.05 Å². The summed E-state index contributed by atoms with van der Waals surface area (Å²) in [6, 6.07) is 1.80. The monoisotopic (exact) mass is 209 g/mol. The highest BCUT2D eigenvalue weighted by Gasteiger charge is 2.11. The van der Waals surface area contributed by atoms with Gasteiger partial charge in [-0.1, -0.05) is 0 Å². The molecule has 1 N–H and O–H groups in total. The zero-order valence-corrected chi connectivity index (χ0v) is 8.15. The zero-order valence-electron chi connectivity index (χ0n) is 7.34. The highest BCUT2D eigenvalue weighted by Crippen LogP contribution is 2.21. The fraction of sp³-hybridized carbons (Fsp3) is 0.125. The predicted molar refractivity (Wildman–Crippen MR) is 51.3 cm³/mol. The third-order valence-corrected chi connectivity index (χ3v) is 2.52. The van der Waals surface area contributed by atoms with Crippen LogP contribution in [0, 0.1) is 0 Å². The molecule has 6 heteroatoms. The van der Waals surface area contributed by atoms with Crippen LogP contribution in [0.3, 0.4) is 0 Å². The molecular formula is C8H7N3O2S. The van der Waals surface area contributed by atoms with Crippen molar-refractivity contribution in [3.63, 3.8) is 0 Å². The van der Waals surface area contributed by atoms with Gasteiger partial charge in [-0.2, -0.15) is 5.10 Å². The predicted octanol–water partition coefficient (Wildman–Crippen LogP) is 1.24. The largest absolute Gasteiger partial charge is 0.476 e.